The molecule has 2 aliphatic heterocycles. The largest absolute Gasteiger partial charge is 0.480 e. The van der Waals surface area contributed by atoms with Crippen LogP contribution in [0.4, 0.5) is 0 Å². The molecule has 0 spiro atoms. The standard InChI is InChI=1S/C19H25N5O2.C15H20BrN3O2.C4H6N2.CH4/c1-13-10-24(12-20-13)17-9-8-15(22-19(17)25-2)18-21-16(11-26-23-18)14-6-4-3-5-7-14;1-20-15-11(16)7-8-12(18-15)14-17-13(9-21-19-14)10-5-3-2-4-6-10;1-4-2-5-3-6-4;/h8-10,12,14,16H,3-7,11H2,1-2H3,(H,21,23);7-8,10,13H,2-6,9H2,1H3,(H,17,19);2-3H,1H3,(H,5,6);1H4. The number of methoxy groups -OCH3 is 2. The number of halogens is 1. The molecule has 2 atom stereocenters. The summed E-state index contributed by atoms with van der Waals surface area (Å²) >= 11 is 3.41. The van der Waals surface area contributed by atoms with Gasteiger partial charge in [-0.25, -0.2) is 30.9 Å². The van der Waals surface area contributed by atoms with Gasteiger partial charge >= 0.3 is 0 Å². The molecule has 8 rings (SSSR count). The third-order valence-electron chi connectivity index (χ3n) is 9.97. The number of pyridine rings is 2. The molecule has 0 amide bonds. The van der Waals surface area contributed by atoms with E-state index in [0.29, 0.717) is 48.5 Å². The molecular weight excluding hydrogens is 752 g/mol. The molecule has 15 heteroatoms. The first-order valence-electron chi connectivity index (χ1n) is 18.5. The minimum absolute atomic E-state index is 0. The van der Waals surface area contributed by atoms with Gasteiger partial charge in [-0.2, -0.15) is 0 Å². The maximum atomic E-state index is 5.62. The summed E-state index contributed by atoms with van der Waals surface area (Å²) in [7, 11) is 3.23. The first-order valence-corrected chi connectivity index (χ1v) is 19.3. The van der Waals surface area contributed by atoms with Crippen LogP contribution in [0.2, 0.25) is 0 Å². The first-order chi connectivity index (χ1) is 25.9. The zero-order chi connectivity index (χ0) is 37.0. The molecule has 0 saturated heterocycles. The van der Waals surface area contributed by atoms with E-state index >= 15 is 0 Å². The lowest BCUT2D eigenvalue weighted by Gasteiger charge is -2.30. The molecule has 292 valence electrons. The van der Waals surface area contributed by atoms with Crippen LogP contribution < -0.4 is 20.4 Å². The molecule has 2 saturated carbocycles. The van der Waals surface area contributed by atoms with Gasteiger partial charge in [-0.3, -0.25) is 19.7 Å². The lowest BCUT2D eigenvalue weighted by Crippen LogP contribution is -2.40. The zero-order valence-electron chi connectivity index (χ0n) is 31.1. The SMILES string of the molecule is C.COc1nc(C2=NC(C3CCCCC3)CON2)ccc1-n1cnc(C)c1.COc1nc(C2=NC(C3CCCCC3)CON2)ccc1Br.Cc1cnc[nH]1. The second kappa shape index (κ2) is 20.4. The van der Waals surface area contributed by atoms with Gasteiger partial charge in [0, 0.05) is 18.1 Å². The Hall–Kier alpha value is -4.34. The average molecular weight is 808 g/mol. The van der Waals surface area contributed by atoms with Crippen molar-refractivity contribution in [2.24, 2.45) is 21.8 Å². The fourth-order valence-corrected chi connectivity index (χ4v) is 7.48. The Balaban J connectivity index is 0.000000180. The molecule has 3 N–H and O–H groups in total. The van der Waals surface area contributed by atoms with Crippen molar-refractivity contribution < 1.29 is 19.1 Å². The third-order valence-corrected chi connectivity index (χ3v) is 10.6. The van der Waals surface area contributed by atoms with E-state index in [4.69, 9.17) is 29.1 Å². The number of aromatic nitrogens is 6. The predicted octanol–water partition coefficient (Wildman–Crippen LogP) is 7.25. The van der Waals surface area contributed by atoms with Crippen molar-refractivity contribution in [1.29, 1.82) is 0 Å². The van der Waals surface area contributed by atoms with Crippen molar-refractivity contribution >= 4 is 27.6 Å². The fraction of sp³-hybridized carbons (Fsp3) is 0.538. The Morgan fingerprint density at radius 1 is 0.759 bits per heavy atom. The van der Waals surface area contributed by atoms with Crippen molar-refractivity contribution in [3.05, 3.63) is 76.6 Å². The minimum atomic E-state index is 0. The Labute approximate surface area is 327 Å². The average Bonchev–Trinajstić information content (AvgIpc) is 3.89. The van der Waals surface area contributed by atoms with Gasteiger partial charge in [0.15, 0.2) is 11.7 Å². The summed E-state index contributed by atoms with van der Waals surface area (Å²) in [6.45, 7) is 5.18. The van der Waals surface area contributed by atoms with E-state index in [1.165, 1.54) is 64.2 Å². The highest BCUT2D eigenvalue weighted by Gasteiger charge is 2.29. The summed E-state index contributed by atoms with van der Waals surface area (Å²) in [5, 5.41) is 0. The third kappa shape index (κ3) is 10.9. The van der Waals surface area contributed by atoms with Crippen LogP contribution in [0, 0.1) is 25.7 Å². The molecule has 54 heavy (non-hydrogen) atoms. The van der Waals surface area contributed by atoms with Crippen LogP contribution in [0.5, 0.6) is 11.8 Å². The Morgan fingerprint density at radius 2 is 1.31 bits per heavy atom. The maximum Gasteiger partial charge on any atom is 0.238 e. The van der Waals surface area contributed by atoms with E-state index in [1.807, 2.05) is 48.9 Å². The summed E-state index contributed by atoms with van der Waals surface area (Å²) in [5.74, 6) is 3.70. The second-order valence-corrected chi connectivity index (χ2v) is 14.6. The first kappa shape index (κ1) is 40.8. The number of hydroxylamine groups is 2. The summed E-state index contributed by atoms with van der Waals surface area (Å²) < 4.78 is 13.5. The van der Waals surface area contributed by atoms with Crippen LogP contribution in [-0.2, 0) is 9.68 Å². The number of imidazole rings is 2. The molecule has 2 fully saturated rings. The Bertz CT molecular complexity index is 1800. The molecule has 2 aliphatic carbocycles. The number of aliphatic imine (C=N–C) groups is 2. The van der Waals surface area contributed by atoms with Crippen molar-refractivity contribution in [3.8, 4) is 17.4 Å². The summed E-state index contributed by atoms with van der Waals surface area (Å²) in [6.07, 6.45) is 20.0. The number of hydrogen-bond donors (Lipinski definition) is 3. The molecule has 2 unspecified atom stereocenters. The highest BCUT2D eigenvalue weighted by atomic mass is 79.9. The van der Waals surface area contributed by atoms with Crippen LogP contribution in [0.3, 0.4) is 0 Å². The van der Waals surface area contributed by atoms with E-state index in [9.17, 15) is 0 Å². The van der Waals surface area contributed by atoms with Crippen LogP contribution in [0.25, 0.3) is 5.69 Å². The summed E-state index contributed by atoms with van der Waals surface area (Å²) in [5.41, 5.74) is 10.2. The van der Waals surface area contributed by atoms with E-state index in [2.05, 4.69) is 51.8 Å². The van der Waals surface area contributed by atoms with Gasteiger partial charge in [-0.1, -0.05) is 46.0 Å². The zero-order valence-corrected chi connectivity index (χ0v) is 32.6. The summed E-state index contributed by atoms with van der Waals surface area (Å²) in [4.78, 5) is 40.9. The number of H-pyrrole nitrogens is 1. The van der Waals surface area contributed by atoms with Gasteiger partial charge in [0.05, 0.1) is 62.3 Å². The molecule has 4 aromatic rings. The number of aromatic amines is 1. The smallest absolute Gasteiger partial charge is 0.238 e. The highest BCUT2D eigenvalue weighted by molar-refractivity contribution is 9.10. The van der Waals surface area contributed by atoms with E-state index in [-0.39, 0.29) is 19.5 Å². The molecule has 4 aliphatic rings. The normalized spacial score (nSPS) is 20.2. The van der Waals surface area contributed by atoms with Gasteiger partial charge in [0.2, 0.25) is 11.8 Å². The Morgan fingerprint density at radius 3 is 1.78 bits per heavy atom. The number of ether oxygens (including phenoxy) is 2. The number of nitrogens with zero attached hydrogens (tertiary/aromatic N) is 7. The van der Waals surface area contributed by atoms with Crippen molar-refractivity contribution in [2.45, 2.75) is 97.6 Å². The lowest BCUT2D eigenvalue weighted by molar-refractivity contribution is 0.0442. The molecule has 0 bridgehead atoms. The monoisotopic (exact) mass is 806 g/mol. The second-order valence-electron chi connectivity index (χ2n) is 13.8. The fourth-order valence-electron chi connectivity index (χ4n) is 7.10. The molecule has 14 nitrogen and oxygen atoms in total. The van der Waals surface area contributed by atoms with Crippen LogP contribution in [-0.4, -0.2) is 80.7 Å². The van der Waals surface area contributed by atoms with Gasteiger partial charge in [-0.15, -0.1) is 0 Å². The van der Waals surface area contributed by atoms with E-state index in [0.717, 1.165) is 32.9 Å². The molecule has 6 heterocycles. The molecule has 4 aromatic heterocycles. The predicted molar refractivity (Wildman–Crippen MR) is 213 cm³/mol. The summed E-state index contributed by atoms with van der Waals surface area (Å²) in [6, 6.07) is 8.16. The van der Waals surface area contributed by atoms with Gasteiger partial charge in [0.1, 0.15) is 17.1 Å². The molecule has 0 radical (unpaired) electrons. The van der Waals surface area contributed by atoms with E-state index < -0.39 is 0 Å². The number of rotatable bonds is 7. The topological polar surface area (TPSA) is 158 Å². The van der Waals surface area contributed by atoms with Crippen molar-refractivity contribution in [3.63, 3.8) is 0 Å². The van der Waals surface area contributed by atoms with Crippen LogP contribution in [0.1, 0.15) is 94.4 Å². The van der Waals surface area contributed by atoms with Crippen molar-refractivity contribution in [2.75, 3.05) is 27.4 Å². The number of amidine groups is 2. The maximum absolute atomic E-state index is 5.62. The minimum Gasteiger partial charge on any atom is -0.480 e. The number of nitrogens with one attached hydrogen (secondary N) is 3. The highest BCUT2D eigenvalue weighted by Crippen LogP contribution is 2.31. The lowest BCUT2D eigenvalue weighted by atomic mass is 9.84. The van der Waals surface area contributed by atoms with Crippen LogP contribution >= 0.6 is 15.9 Å². The molecule has 0 aromatic carbocycles. The van der Waals surface area contributed by atoms with Gasteiger partial charge < -0.3 is 19.0 Å². The van der Waals surface area contributed by atoms with Crippen molar-refractivity contribution in [1.82, 2.24) is 40.4 Å². The molecular formula is C39H55BrN10O4. The van der Waals surface area contributed by atoms with Gasteiger partial charge in [-0.05, 0) is 91.6 Å². The Kier molecular flexibility index (Phi) is 15.4. The number of hydrogen-bond acceptors (Lipinski definition) is 12. The number of aryl methyl sites for hydroxylation is 2. The van der Waals surface area contributed by atoms with Gasteiger partial charge in [0.25, 0.3) is 0 Å². The van der Waals surface area contributed by atoms with Crippen LogP contribution in [0.15, 0.2) is 63.8 Å². The van der Waals surface area contributed by atoms with E-state index in [1.54, 1.807) is 33.1 Å². The quantitative estimate of drug-likeness (QED) is 0.174.